The second kappa shape index (κ2) is 4.19. The SMILES string of the molecule is CC(CO)CC1CCOC2(CCC2)C1. The maximum absolute atomic E-state index is 9.04. The highest BCUT2D eigenvalue weighted by Crippen LogP contribution is 2.45. The van der Waals surface area contributed by atoms with Crippen LogP contribution in [0.25, 0.3) is 0 Å². The van der Waals surface area contributed by atoms with Crippen LogP contribution in [-0.2, 0) is 4.74 Å². The van der Waals surface area contributed by atoms with Crippen molar-refractivity contribution in [1.82, 2.24) is 0 Å². The molecule has 1 N–H and O–H groups in total. The van der Waals surface area contributed by atoms with Crippen molar-refractivity contribution in [2.75, 3.05) is 13.2 Å². The van der Waals surface area contributed by atoms with Crippen LogP contribution in [0, 0.1) is 11.8 Å². The van der Waals surface area contributed by atoms with Crippen molar-refractivity contribution in [3.63, 3.8) is 0 Å². The van der Waals surface area contributed by atoms with Gasteiger partial charge in [0.25, 0.3) is 0 Å². The number of ether oxygens (including phenoxy) is 1. The zero-order chi connectivity index (χ0) is 10.0. The van der Waals surface area contributed by atoms with Gasteiger partial charge in [-0.1, -0.05) is 6.92 Å². The van der Waals surface area contributed by atoms with E-state index in [0.717, 1.165) is 12.5 Å². The summed E-state index contributed by atoms with van der Waals surface area (Å²) in [7, 11) is 0. The molecule has 2 rings (SSSR count). The molecule has 1 aliphatic heterocycles. The van der Waals surface area contributed by atoms with Crippen LogP contribution in [0.2, 0.25) is 0 Å². The van der Waals surface area contributed by atoms with Crippen LogP contribution >= 0.6 is 0 Å². The van der Waals surface area contributed by atoms with E-state index in [1.165, 1.54) is 38.5 Å². The zero-order valence-corrected chi connectivity index (χ0v) is 9.17. The van der Waals surface area contributed by atoms with Gasteiger partial charge in [0.05, 0.1) is 5.60 Å². The number of hydrogen-bond acceptors (Lipinski definition) is 2. The minimum Gasteiger partial charge on any atom is -0.396 e. The smallest absolute Gasteiger partial charge is 0.0685 e. The van der Waals surface area contributed by atoms with Crippen LogP contribution in [0.3, 0.4) is 0 Å². The molecule has 1 spiro atoms. The molecular weight excluding hydrogens is 176 g/mol. The molecule has 82 valence electrons. The van der Waals surface area contributed by atoms with Crippen molar-refractivity contribution >= 4 is 0 Å². The molecule has 14 heavy (non-hydrogen) atoms. The maximum atomic E-state index is 9.04. The lowest BCUT2D eigenvalue weighted by Gasteiger charge is -2.47. The van der Waals surface area contributed by atoms with Gasteiger partial charge >= 0.3 is 0 Å². The molecule has 2 fully saturated rings. The Hall–Kier alpha value is -0.0800. The molecule has 1 saturated heterocycles. The molecule has 2 unspecified atom stereocenters. The molecule has 2 aliphatic rings. The third kappa shape index (κ3) is 2.12. The van der Waals surface area contributed by atoms with Gasteiger partial charge in [-0.15, -0.1) is 0 Å². The molecule has 0 amide bonds. The third-order valence-electron chi connectivity index (χ3n) is 3.91. The first-order chi connectivity index (χ1) is 6.74. The summed E-state index contributed by atoms with van der Waals surface area (Å²) in [4.78, 5) is 0. The summed E-state index contributed by atoms with van der Waals surface area (Å²) in [6, 6.07) is 0. The highest BCUT2D eigenvalue weighted by Gasteiger charge is 2.42. The molecule has 0 aromatic carbocycles. The van der Waals surface area contributed by atoms with E-state index >= 15 is 0 Å². The lowest BCUT2D eigenvalue weighted by Crippen LogP contribution is -2.45. The molecule has 0 radical (unpaired) electrons. The molecule has 2 heteroatoms. The van der Waals surface area contributed by atoms with Gasteiger partial charge in [-0.3, -0.25) is 0 Å². The quantitative estimate of drug-likeness (QED) is 0.754. The van der Waals surface area contributed by atoms with E-state index in [0.29, 0.717) is 12.5 Å². The molecule has 2 atom stereocenters. The van der Waals surface area contributed by atoms with Gasteiger partial charge in [-0.05, 0) is 50.4 Å². The highest BCUT2D eigenvalue weighted by molar-refractivity contribution is 4.94. The number of aliphatic hydroxyl groups is 1. The average molecular weight is 198 g/mol. The van der Waals surface area contributed by atoms with E-state index in [9.17, 15) is 0 Å². The van der Waals surface area contributed by atoms with Crippen molar-refractivity contribution in [2.45, 2.75) is 51.0 Å². The Morgan fingerprint density at radius 2 is 2.29 bits per heavy atom. The fraction of sp³-hybridized carbons (Fsp3) is 1.00. The number of rotatable bonds is 3. The van der Waals surface area contributed by atoms with Gasteiger partial charge in [-0.25, -0.2) is 0 Å². The first kappa shape index (κ1) is 10.4. The monoisotopic (exact) mass is 198 g/mol. The summed E-state index contributed by atoms with van der Waals surface area (Å²) >= 11 is 0. The second-order valence-electron chi connectivity index (χ2n) is 5.27. The normalized spacial score (nSPS) is 32.6. The maximum Gasteiger partial charge on any atom is 0.0685 e. The van der Waals surface area contributed by atoms with Crippen LogP contribution in [0.4, 0.5) is 0 Å². The summed E-state index contributed by atoms with van der Waals surface area (Å²) in [6.07, 6.45) is 7.53. The van der Waals surface area contributed by atoms with Gasteiger partial charge in [-0.2, -0.15) is 0 Å². The van der Waals surface area contributed by atoms with Crippen LogP contribution in [0.15, 0.2) is 0 Å². The number of hydrogen-bond donors (Lipinski definition) is 1. The Bertz CT molecular complexity index is 187. The van der Waals surface area contributed by atoms with Gasteiger partial charge in [0.2, 0.25) is 0 Å². The fourth-order valence-electron chi connectivity index (χ4n) is 2.89. The fourth-order valence-corrected chi connectivity index (χ4v) is 2.89. The summed E-state index contributed by atoms with van der Waals surface area (Å²) in [5.74, 6) is 1.27. The first-order valence-electron chi connectivity index (χ1n) is 5.99. The summed E-state index contributed by atoms with van der Waals surface area (Å²) < 4.78 is 5.88. The Kier molecular flexibility index (Phi) is 3.13. The molecule has 1 heterocycles. The molecule has 0 bridgehead atoms. The van der Waals surface area contributed by atoms with Crippen LogP contribution < -0.4 is 0 Å². The lowest BCUT2D eigenvalue weighted by atomic mass is 9.70. The van der Waals surface area contributed by atoms with Crippen LogP contribution in [0.1, 0.15) is 45.4 Å². The van der Waals surface area contributed by atoms with Crippen molar-refractivity contribution in [1.29, 1.82) is 0 Å². The van der Waals surface area contributed by atoms with Gasteiger partial charge < -0.3 is 9.84 Å². The minimum atomic E-state index is 0.276. The Balaban J connectivity index is 1.82. The summed E-state index contributed by atoms with van der Waals surface area (Å²) in [6.45, 7) is 3.43. The predicted molar refractivity (Wildman–Crippen MR) is 56.1 cm³/mol. The topological polar surface area (TPSA) is 29.5 Å². The summed E-state index contributed by atoms with van der Waals surface area (Å²) in [5, 5.41) is 9.04. The van der Waals surface area contributed by atoms with Crippen molar-refractivity contribution in [3.8, 4) is 0 Å². The van der Waals surface area contributed by atoms with Crippen molar-refractivity contribution in [2.24, 2.45) is 11.8 Å². The zero-order valence-electron chi connectivity index (χ0n) is 9.17. The second-order valence-corrected chi connectivity index (χ2v) is 5.27. The molecule has 2 nitrogen and oxygen atoms in total. The molecule has 1 saturated carbocycles. The summed E-state index contributed by atoms with van der Waals surface area (Å²) in [5.41, 5.74) is 0.276. The van der Waals surface area contributed by atoms with E-state index in [1.807, 2.05) is 0 Å². The standard InChI is InChI=1S/C12H22O2/c1-10(9-13)7-11-3-6-14-12(8-11)4-2-5-12/h10-11,13H,2-9H2,1H3. The highest BCUT2D eigenvalue weighted by atomic mass is 16.5. The largest absolute Gasteiger partial charge is 0.396 e. The van der Waals surface area contributed by atoms with E-state index in [4.69, 9.17) is 9.84 Å². The lowest BCUT2D eigenvalue weighted by molar-refractivity contribution is -0.145. The minimum absolute atomic E-state index is 0.276. The van der Waals surface area contributed by atoms with Crippen molar-refractivity contribution < 1.29 is 9.84 Å². The van der Waals surface area contributed by atoms with E-state index < -0.39 is 0 Å². The van der Waals surface area contributed by atoms with Gasteiger partial charge in [0.15, 0.2) is 0 Å². The third-order valence-corrected chi connectivity index (χ3v) is 3.91. The van der Waals surface area contributed by atoms with E-state index in [1.54, 1.807) is 0 Å². The Morgan fingerprint density at radius 1 is 1.50 bits per heavy atom. The molecule has 0 aromatic heterocycles. The predicted octanol–water partition coefficient (Wildman–Crippen LogP) is 2.35. The van der Waals surface area contributed by atoms with Crippen LogP contribution in [0.5, 0.6) is 0 Å². The first-order valence-corrected chi connectivity index (χ1v) is 5.99. The molecule has 1 aliphatic carbocycles. The van der Waals surface area contributed by atoms with Gasteiger partial charge in [0, 0.05) is 13.2 Å². The van der Waals surface area contributed by atoms with E-state index in [-0.39, 0.29) is 5.60 Å². The molecular formula is C12H22O2. The van der Waals surface area contributed by atoms with Gasteiger partial charge in [0.1, 0.15) is 0 Å². The number of aliphatic hydroxyl groups excluding tert-OH is 1. The van der Waals surface area contributed by atoms with Crippen LogP contribution in [-0.4, -0.2) is 23.9 Å². The Morgan fingerprint density at radius 3 is 2.86 bits per heavy atom. The van der Waals surface area contributed by atoms with E-state index in [2.05, 4.69) is 6.92 Å². The Labute approximate surface area is 86.6 Å². The average Bonchev–Trinajstić information content (AvgIpc) is 2.16. The van der Waals surface area contributed by atoms with Crippen molar-refractivity contribution in [3.05, 3.63) is 0 Å². The molecule has 0 aromatic rings.